The predicted octanol–water partition coefficient (Wildman–Crippen LogP) is 2.67. The molecule has 4 N–H and O–H groups in total. The molecule has 1 aromatic carbocycles. The summed E-state index contributed by atoms with van der Waals surface area (Å²) < 4.78 is 11.7. The molecule has 1 aliphatic heterocycles. The lowest BCUT2D eigenvalue weighted by molar-refractivity contribution is -0.180. The summed E-state index contributed by atoms with van der Waals surface area (Å²) in [6.07, 6.45) is 3.47. The van der Waals surface area contributed by atoms with Gasteiger partial charge in [0.1, 0.15) is 0 Å². The number of amides is 1. The predicted molar refractivity (Wildman–Crippen MR) is 109 cm³/mol. The molecule has 1 atom stereocenters. The minimum atomic E-state index is -0.935. The number of pyridine rings is 1. The highest BCUT2D eigenvalue weighted by atomic mass is 16.7. The van der Waals surface area contributed by atoms with Crippen molar-refractivity contribution in [3.63, 3.8) is 0 Å². The number of aromatic nitrogens is 1. The molecular formula is C22H25N3O5. The second-order valence-electron chi connectivity index (χ2n) is 7.83. The highest BCUT2D eigenvalue weighted by molar-refractivity contribution is 5.95. The van der Waals surface area contributed by atoms with E-state index < -0.39 is 11.7 Å². The van der Waals surface area contributed by atoms with E-state index in [2.05, 4.69) is 10.3 Å². The van der Waals surface area contributed by atoms with Gasteiger partial charge in [-0.15, -0.1) is 0 Å². The fraction of sp³-hybridized carbons (Fsp3) is 0.364. The fourth-order valence-electron chi connectivity index (χ4n) is 3.51. The molecule has 2 aliphatic rings. The number of aliphatic hydroxyl groups is 1. The number of carbonyl (C=O) groups is 1. The van der Waals surface area contributed by atoms with Crippen LogP contribution in [0.4, 0.5) is 0 Å². The lowest BCUT2D eigenvalue weighted by Crippen LogP contribution is -2.38. The summed E-state index contributed by atoms with van der Waals surface area (Å²) in [4.78, 5) is 16.4. The zero-order valence-electron chi connectivity index (χ0n) is 16.9. The summed E-state index contributed by atoms with van der Waals surface area (Å²) >= 11 is 0. The van der Waals surface area contributed by atoms with Crippen molar-refractivity contribution in [3.8, 4) is 5.75 Å². The lowest BCUT2D eigenvalue weighted by Gasteiger charge is -2.34. The Hall–Kier alpha value is -2.94. The summed E-state index contributed by atoms with van der Waals surface area (Å²) in [6, 6.07) is 9.41. The Morgan fingerprint density at radius 3 is 2.63 bits per heavy atom. The number of hydrogen-bond acceptors (Lipinski definition) is 7. The van der Waals surface area contributed by atoms with Crippen molar-refractivity contribution in [2.24, 2.45) is 0 Å². The van der Waals surface area contributed by atoms with Gasteiger partial charge in [0.15, 0.2) is 11.4 Å². The van der Waals surface area contributed by atoms with Gasteiger partial charge in [-0.2, -0.15) is 0 Å². The van der Waals surface area contributed by atoms with E-state index in [9.17, 15) is 9.90 Å². The Kier molecular flexibility index (Phi) is 5.46. The van der Waals surface area contributed by atoms with E-state index in [4.69, 9.17) is 14.7 Å². The molecule has 0 bridgehead atoms. The second kappa shape index (κ2) is 8.06. The first-order valence-corrected chi connectivity index (χ1v) is 9.87. The van der Waals surface area contributed by atoms with Gasteiger partial charge in [0.2, 0.25) is 5.79 Å². The van der Waals surface area contributed by atoms with Gasteiger partial charge < -0.3 is 19.9 Å². The van der Waals surface area contributed by atoms with Crippen molar-refractivity contribution >= 4 is 11.6 Å². The van der Waals surface area contributed by atoms with Crippen LogP contribution < -0.4 is 15.5 Å². The zero-order chi connectivity index (χ0) is 21.3. The van der Waals surface area contributed by atoms with E-state index in [1.165, 1.54) is 5.57 Å². The Morgan fingerprint density at radius 2 is 2.00 bits per heavy atom. The van der Waals surface area contributed by atoms with Crippen LogP contribution in [0.25, 0.3) is 5.70 Å². The van der Waals surface area contributed by atoms with Crippen LogP contribution in [0.5, 0.6) is 5.75 Å². The minimum absolute atomic E-state index is 0.00506. The minimum Gasteiger partial charge on any atom is -0.460 e. The van der Waals surface area contributed by atoms with Gasteiger partial charge in [0.25, 0.3) is 5.91 Å². The van der Waals surface area contributed by atoms with Gasteiger partial charge in [0, 0.05) is 36.9 Å². The lowest BCUT2D eigenvalue weighted by atomic mass is 10.0. The van der Waals surface area contributed by atoms with Crippen molar-refractivity contribution in [2.45, 2.75) is 45.1 Å². The zero-order valence-corrected chi connectivity index (χ0v) is 16.9. The van der Waals surface area contributed by atoms with Crippen LogP contribution in [0.3, 0.4) is 0 Å². The summed E-state index contributed by atoms with van der Waals surface area (Å²) in [5.41, 5.74) is 6.09. The number of ether oxygens (including phenoxy) is 2. The monoisotopic (exact) mass is 411 g/mol. The SMILES string of the molecule is CC1(C)OCc2c(C(N[C@H](CO)c3ccccc3)=C3CC3)cnc(C(=O)NO)c2O1. The molecule has 2 heterocycles. The van der Waals surface area contributed by atoms with Gasteiger partial charge >= 0.3 is 0 Å². The maximum absolute atomic E-state index is 12.1. The van der Waals surface area contributed by atoms with Crippen LogP contribution in [0.15, 0.2) is 42.1 Å². The maximum atomic E-state index is 12.1. The van der Waals surface area contributed by atoms with E-state index in [0.717, 1.165) is 29.7 Å². The summed E-state index contributed by atoms with van der Waals surface area (Å²) in [5.74, 6) is -1.40. The number of carbonyl (C=O) groups excluding carboxylic acids is 1. The van der Waals surface area contributed by atoms with Gasteiger partial charge in [-0.25, -0.2) is 10.5 Å². The van der Waals surface area contributed by atoms with Gasteiger partial charge in [-0.3, -0.25) is 10.0 Å². The molecule has 0 unspecified atom stereocenters. The van der Waals surface area contributed by atoms with Crippen molar-refractivity contribution in [3.05, 3.63) is 64.5 Å². The van der Waals surface area contributed by atoms with Crippen molar-refractivity contribution < 1.29 is 24.6 Å². The van der Waals surface area contributed by atoms with Crippen molar-refractivity contribution in [1.29, 1.82) is 0 Å². The number of allylic oxidation sites excluding steroid dienone is 1. The highest BCUT2D eigenvalue weighted by Crippen LogP contribution is 2.42. The molecule has 0 saturated heterocycles. The quantitative estimate of drug-likeness (QED) is 0.427. The molecule has 1 fully saturated rings. The average Bonchev–Trinajstić information content (AvgIpc) is 3.58. The number of nitrogens with one attached hydrogen (secondary N) is 2. The average molecular weight is 411 g/mol. The molecule has 1 saturated carbocycles. The normalized spacial score (nSPS) is 17.4. The third-order valence-corrected chi connectivity index (χ3v) is 5.19. The number of hydroxylamine groups is 1. The summed E-state index contributed by atoms with van der Waals surface area (Å²) in [5, 5.41) is 22.6. The smallest absolute Gasteiger partial charge is 0.297 e. The van der Waals surface area contributed by atoms with Crippen molar-refractivity contribution in [2.75, 3.05) is 6.61 Å². The number of rotatable bonds is 6. The first kappa shape index (κ1) is 20.3. The molecule has 1 aromatic heterocycles. The fourth-order valence-corrected chi connectivity index (χ4v) is 3.51. The van der Waals surface area contributed by atoms with Gasteiger partial charge in [-0.05, 0) is 24.0 Å². The van der Waals surface area contributed by atoms with Crippen LogP contribution in [0.2, 0.25) is 0 Å². The third-order valence-electron chi connectivity index (χ3n) is 5.19. The molecule has 1 aliphatic carbocycles. The molecule has 30 heavy (non-hydrogen) atoms. The molecule has 158 valence electrons. The van der Waals surface area contributed by atoms with Gasteiger partial charge in [-0.1, -0.05) is 30.3 Å². The van der Waals surface area contributed by atoms with E-state index >= 15 is 0 Å². The number of benzene rings is 1. The van der Waals surface area contributed by atoms with Crippen LogP contribution in [0.1, 0.15) is 59.9 Å². The standard InChI is InChI=1S/C22H25N3O5/c1-22(2)29-12-16-15(10-23-19(20(16)30-22)21(27)25-28)18(14-8-9-14)24-17(11-26)13-6-4-3-5-7-13/h3-7,10,17,24,26,28H,8-9,11-12H2,1-2H3,(H,25,27)/t17-/m1/s1. The van der Waals surface area contributed by atoms with E-state index in [0.29, 0.717) is 5.56 Å². The van der Waals surface area contributed by atoms with E-state index in [1.807, 2.05) is 30.3 Å². The van der Waals surface area contributed by atoms with Crippen LogP contribution in [-0.2, 0) is 11.3 Å². The number of fused-ring (bicyclic) bond motifs is 1. The molecule has 8 heteroatoms. The van der Waals surface area contributed by atoms with Gasteiger partial charge in [0.05, 0.1) is 19.3 Å². The van der Waals surface area contributed by atoms with Crippen LogP contribution >= 0.6 is 0 Å². The maximum Gasteiger partial charge on any atom is 0.297 e. The molecule has 0 spiro atoms. The summed E-state index contributed by atoms with van der Waals surface area (Å²) in [6.45, 7) is 3.64. The van der Waals surface area contributed by atoms with Crippen LogP contribution in [0, 0.1) is 0 Å². The second-order valence-corrected chi connectivity index (χ2v) is 7.83. The molecular weight excluding hydrogens is 386 g/mol. The summed E-state index contributed by atoms with van der Waals surface area (Å²) in [7, 11) is 0. The molecule has 4 rings (SSSR count). The molecule has 1 amide bonds. The number of hydrogen-bond donors (Lipinski definition) is 4. The number of aliphatic hydroxyl groups excluding tert-OH is 1. The molecule has 0 radical (unpaired) electrons. The topological polar surface area (TPSA) is 113 Å². The van der Waals surface area contributed by atoms with Crippen molar-refractivity contribution in [1.82, 2.24) is 15.8 Å². The van der Waals surface area contributed by atoms with E-state index in [1.54, 1.807) is 25.5 Å². The number of nitrogens with zero attached hydrogens (tertiary/aromatic N) is 1. The third kappa shape index (κ3) is 4.02. The van der Waals surface area contributed by atoms with E-state index in [-0.39, 0.29) is 30.7 Å². The molecule has 2 aromatic rings. The molecule has 8 nitrogen and oxygen atoms in total. The first-order chi connectivity index (χ1) is 14.4. The van der Waals surface area contributed by atoms with Crippen LogP contribution in [-0.4, -0.2) is 33.6 Å². The largest absolute Gasteiger partial charge is 0.460 e. The highest BCUT2D eigenvalue weighted by Gasteiger charge is 2.35. The first-order valence-electron chi connectivity index (χ1n) is 9.87. The Balaban J connectivity index is 1.77. The Bertz CT molecular complexity index is 982. The Morgan fingerprint density at radius 1 is 1.27 bits per heavy atom. The Labute approximate surface area is 174 Å².